The molecule has 1 aromatic heterocycles. The highest BCUT2D eigenvalue weighted by Gasteiger charge is 2.06. The highest BCUT2D eigenvalue weighted by Crippen LogP contribution is 2.06. The van der Waals surface area contributed by atoms with Gasteiger partial charge in [0, 0.05) is 19.7 Å². The summed E-state index contributed by atoms with van der Waals surface area (Å²) in [4.78, 5) is 0. The average Bonchev–Trinajstić information content (AvgIpc) is 2.64. The molecule has 1 unspecified atom stereocenters. The summed E-state index contributed by atoms with van der Waals surface area (Å²) in [5.74, 6) is 0.739. The zero-order valence-corrected chi connectivity index (χ0v) is 9.45. The third kappa shape index (κ3) is 4.42. The first-order valence-electron chi connectivity index (χ1n) is 4.96. The predicted octanol–water partition coefficient (Wildman–Crippen LogP) is 0.946. The van der Waals surface area contributed by atoms with Crippen molar-refractivity contribution in [2.24, 2.45) is 0 Å². The van der Waals surface area contributed by atoms with Crippen LogP contribution in [0.1, 0.15) is 18.4 Å². The first-order chi connectivity index (χ1) is 7.26. The number of rotatable bonds is 7. The van der Waals surface area contributed by atoms with Gasteiger partial charge in [0.05, 0.1) is 18.4 Å². The molecular weight excluding hydrogens is 196 g/mol. The van der Waals surface area contributed by atoms with E-state index in [2.05, 4.69) is 10.5 Å². The smallest absolute Gasteiger partial charge is 0.162 e. The molecule has 0 spiro atoms. The lowest BCUT2D eigenvalue weighted by Crippen LogP contribution is -2.14. The topological polar surface area (TPSA) is 56.5 Å². The number of aromatic nitrogens is 1. The fraction of sp³-hybridized carbons (Fsp3) is 0.700. The molecular formula is C10H18N2O3. The van der Waals surface area contributed by atoms with E-state index >= 15 is 0 Å². The van der Waals surface area contributed by atoms with Gasteiger partial charge in [0.2, 0.25) is 0 Å². The monoisotopic (exact) mass is 214 g/mol. The van der Waals surface area contributed by atoms with Gasteiger partial charge in [-0.1, -0.05) is 5.16 Å². The Morgan fingerprint density at radius 1 is 1.60 bits per heavy atom. The van der Waals surface area contributed by atoms with Crippen LogP contribution in [0.5, 0.6) is 0 Å². The summed E-state index contributed by atoms with van der Waals surface area (Å²) in [6.07, 6.45) is 0.0628. The van der Waals surface area contributed by atoms with Crippen LogP contribution in [-0.4, -0.2) is 32.0 Å². The van der Waals surface area contributed by atoms with Crippen LogP contribution in [0.15, 0.2) is 10.6 Å². The van der Waals surface area contributed by atoms with Gasteiger partial charge in [-0.3, -0.25) is 0 Å². The number of hydrogen-bond donors (Lipinski definition) is 1. The molecule has 0 amide bonds. The van der Waals surface area contributed by atoms with E-state index in [1.165, 1.54) is 0 Å². The van der Waals surface area contributed by atoms with Gasteiger partial charge in [-0.25, -0.2) is 0 Å². The minimum atomic E-state index is 0.0628. The molecule has 5 nitrogen and oxygen atoms in total. The molecule has 1 aromatic rings. The molecule has 1 N–H and O–H groups in total. The molecule has 0 fully saturated rings. The Bertz CT molecular complexity index is 275. The minimum absolute atomic E-state index is 0.0628. The average molecular weight is 214 g/mol. The van der Waals surface area contributed by atoms with Gasteiger partial charge >= 0.3 is 0 Å². The SMILES string of the molecule is CNCc1cc(COC(C)COC)on1. The van der Waals surface area contributed by atoms with Crippen LogP contribution in [0, 0.1) is 0 Å². The largest absolute Gasteiger partial charge is 0.382 e. The maximum atomic E-state index is 5.48. The zero-order chi connectivity index (χ0) is 11.1. The number of nitrogens with one attached hydrogen (secondary N) is 1. The fourth-order valence-corrected chi connectivity index (χ4v) is 1.20. The Labute approximate surface area is 89.7 Å². The molecule has 0 aliphatic heterocycles. The van der Waals surface area contributed by atoms with Crippen molar-refractivity contribution in [3.63, 3.8) is 0 Å². The van der Waals surface area contributed by atoms with Crippen LogP contribution < -0.4 is 5.32 Å². The fourth-order valence-electron chi connectivity index (χ4n) is 1.20. The molecule has 1 rings (SSSR count). The molecule has 15 heavy (non-hydrogen) atoms. The third-order valence-electron chi connectivity index (χ3n) is 1.88. The molecule has 0 aliphatic rings. The van der Waals surface area contributed by atoms with E-state index < -0.39 is 0 Å². The van der Waals surface area contributed by atoms with E-state index in [-0.39, 0.29) is 6.10 Å². The molecule has 0 aromatic carbocycles. The van der Waals surface area contributed by atoms with E-state index in [4.69, 9.17) is 14.0 Å². The minimum Gasteiger partial charge on any atom is -0.382 e. The lowest BCUT2D eigenvalue weighted by Gasteiger charge is -2.09. The van der Waals surface area contributed by atoms with Crippen molar-refractivity contribution in [2.45, 2.75) is 26.2 Å². The molecule has 0 bridgehead atoms. The molecule has 1 atom stereocenters. The van der Waals surface area contributed by atoms with Crippen molar-refractivity contribution in [3.05, 3.63) is 17.5 Å². The van der Waals surface area contributed by atoms with Crippen molar-refractivity contribution in [1.29, 1.82) is 0 Å². The van der Waals surface area contributed by atoms with E-state index in [0.29, 0.717) is 19.8 Å². The molecule has 0 radical (unpaired) electrons. The molecule has 5 heteroatoms. The first-order valence-corrected chi connectivity index (χ1v) is 4.96. The molecule has 86 valence electrons. The second-order valence-electron chi connectivity index (χ2n) is 3.39. The van der Waals surface area contributed by atoms with Crippen LogP contribution in [0.3, 0.4) is 0 Å². The van der Waals surface area contributed by atoms with E-state index in [1.54, 1.807) is 7.11 Å². The summed E-state index contributed by atoms with van der Waals surface area (Å²) in [5, 5.41) is 6.88. The van der Waals surface area contributed by atoms with Crippen LogP contribution >= 0.6 is 0 Å². The Morgan fingerprint density at radius 3 is 3.07 bits per heavy atom. The highest BCUT2D eigenvalue weighted by molar-refractivity contribution is 5.03. The van der Waals surface area contributed by atoms with Gasteiger partial charge in [-0.05, 0) is 14.0 Å². The predicted molar refractivity (Wildman–Crippen MR) is 55.4 cm³/mol. The molecule has 0 saturated heterocycles. The molecule has 0 aliphatic carbocycles. The Hall–Kier alpha value is -0.910. The summed E-state index contributed by atoms with van der Waals surface area (Å²) in [7, 11) is 3.52. The summed E-state index contributed by atoms with van der Waals surface area (Å²) >= 11 is 0. The highest BCUT2D eigenvalue weighted by atomic mass is 16.5. The van der Waals surface area contributed by atoms with Gasteiger partial charge in [0.1, 0.15) is 6.61 Å². The maximum absolute atomic E-state index is 5.48. The van der Waals surface area contributed by atoms with Gasteiger partial charge in [-0.2, -0.15) is 0 Å². The van der Waals surface area contributed by atoms with E-state index in [9.17, 15) is 0 Å². The Morgan fingerprint density at radius 2 is 2.40 bits per heavy atom. The quantitative estimate of drug-likeness (QED) is 0.732. The van der Waals surface area contributed by atoms with Gasteiger partial charge < -0.3 is 19.3 Å². The van der Waals surface area contributed by atoms with Crippen molar-refractivity contribution < 1.29 is 14.0 Å². The van der Waals surface area contributed by atoms with Gasteiger partial charge in [0.25, 0.3) is 0 Å². The second kappa shape index (κ2) is 6.55. The lowest BCUT2D eigenvalue weighted by atomic mass is 10.3. The van der Waals surface area contributed by atoms with E-state index in [1.807, 2.05) is 20.0 Å². The van der Waals surface area contributed by atoms with Crippen LogP contribution in [0.25, 0.3) is 0 Å². The number of methoxy groups -OCH3 is 1. The van der Waals surface area contributed by atoms with Crippen LogP contribution in [0.2, 0.25) is 0 Å². The number of hydrogen-bond acceptors (Lipinski definition) is 5. The van der Waals surface area contributed by atoms with Crippen LogP contribution in [0.4, 0.5) is 0 Å². The first kappa shape index (κ1) is 12.2. The standard InChI is InChI=1S/C10H18N2O3/c1-8(6-13-3)14-7-10-4-9(5-11-2)12-15-10/h4,8,11H,5-7H2,1-3H3. The molecule has 0 saturated carbocycles. The Kier molecular flexibility index (Phi) is 5.31. The third-order valence-corrected chi connectivity index (χ3v) is 1.88. The summed E-state index contributed by atoms with van der Waals surface area (Å²) in [6.45, 7) is 3.67. The zero-order valence-electron chi connectivity index (χ0n) is 9.45. The summed E-state index contributed by atoms with van der Waals surface area (Å²) in [5.41, 5.74) is 0.885. The number of ether oxygens (including phenoxy) is 2. The summed E-state index contributed by atoms with van der Waals surface area (Å²) < 4.78 is 15.5. The van der Waals surface area contributed by atoms with Crippen molar-refractivity contribution in [1.82, 2.24) is 10.5 Å². The van der Waals surface area contributed by atoms with Crippen molar-refractivity contribution in [3.8, 4) is 0 Å². The second-order valence-corrected chi connectivity index (χ2v) is 3.39. The maximum Gasteiger partial charge on any atom is 0.162 e. The normalized spacial score (nSPS) is 13.0. The van der Waals surface area contributed by atoms with Gasteiger partial charge in [-0.15, -0.1) is 0 Å². The Balaban J connectivity index is 2.30. The van der Waals surface area contributed by atoms with Gasteiger partial charge in [0.15, 0.2) is 5.76 Å². The van der Waals surface area contributed by atoms with Crippen molar-refractivity contribution >= 4 is 0 Å². The lowest BCUT2D eigenvalue weighted by molar-refractivity contribution is -0.00792. The summed E-state index contributed by atoms with van der Waals surface area (Å²) in [6, 6.07) is 1.88. The van der Waals surface area contributed by atoms with Crippen molar-refractivity contribution in [2.75, 3.05) is 20.8 Å². The van der Waals surface area contributed by atoms with Crippen LogP contribution in [-0.2, 0) is 22.6 Å². The number of nitrogens with zero attached hydrogens (tertiary/aromatic N) is 1. The van der Waals surface area contributed by atoms with E-state index in [0.717, 1.165) is 11.5 Å². The molecule has 1 heterocycles.